The minimum Gasteiger partial charge on any atom is -0.391 e. The molecule has 84 valence electrons. The van der Waals surface area contributed by atoms with Gasteiger partial charge in [0.05, 0.1) is 18.3 Å². The van der Waals surface area contributed by atoms with Crippen molar-refractivity contribution in [1.29, 1.82) is 0 Å². The Kier molecular flexibility index (Phi) is 2.83. The summed E-state index contributed by atoms with van der Waals surface area (Å²) in [7, 11) is 0. The average molecular weight is 208 g/mol. The number of rotatable bonds is 1. The molecule has 0 aliphatic heterocycles. The van der Waals surface area contributed by atoms with Crippen molar-refractivity contribution in [3.05, 3.63) is 18.0 Å². The van der Waals surface area contributed by atoms with Gasteiger partial charge in [-0.1, -0.05) is 13.8 Å². The summed E-state index contributed by atoms with van der Waals surface area (Å²) in [6.45, 7) is 6.46. The van der Waals surface area contributed by atoms with Gasteiger partial charge in [0.25, 0.3) is 0 Å². The van der Waals surface area contributed by atoms with Crippen LogP contribution in [-0.4, -0.2) is 21.0 Å². The van der Waals surface area contributed by atoms with E-state index in [-0.39, 0.29) is 12.1 Å². The predicted octanol–water partition coefficient (Wildman–Crippen LogP) is 2.16. The minimum atomic E-state index is -0.247. The molecule has 0 aromatic carbocycles. The lowest BCUT2D eigenvalue weighted by Gasteiger charge is -2.36. The van der Waals surface area contributed by atoms with Crippen molar-refractivity contribution in [1.82, 2.24) is 9.78 Å². The second-order valence-corrected chi connectivity index (χ2v) is 5.11. The van der Waals surface area contributed by atoms with E-state index < -0.39 is 0 Å². The molecular formula is C12H20N2O. The molecule has 1 aliphatic rings. The quantitative estimate of drug-likeness (QED) is 0.768. The largest absolute Gasteiger partial charge is 0.391 e. The maximum Gasteiger partial charge on any atom is 0.0803 e. The first kappa shape index (κ1) is 10.7. The van der Waals surface area contributed by atoms with Crippen LogP contribution >= 0.6 is 0 Å². The van der Waals surface area contributed by atoms with Crippen molar-refractivity contribution in [2.45, 2.75) is 45.8 Å². The van der Waals surface area contributed by atoms with Gasteiger partial charge in [-0.25, -0.2) is 0 Å². The summed E-state index contributed by atoms with van der Waals surface area (Å²) in [5.74, 6) is 1.13. The molecule has 1 saturated carbocycles. The van der Waals surface area contributed by atoms with Gasteiger partial charge in [0.15, 0.2) is 0 Å². The molecule has 1 aromatic rings. The molecule has 1 aromatic heterocycles. The second-order valence-electron chi connectivity index (χ2n) is 5.11. The SMILES string of the molecule is Cc1cnn(C2C(C)CC(C)CC2O)c1. The highest BCUT2D eigenvalue weighted by atomic mass is 16.3. The van der Waals surface area contributed by atoms with Crippen LogP contribution < -0.4 is 0 Å². The van der Waals surface area contributed by atoms with Crippen molar-refractivity contribution in [2.75, 3.05) is 0 Å². The fraction of sp³-hybridized carbons (Fsp3) is 0.750. The molecule has 1 heterocycles. The van der Waals surface area contributed by atoms with Crippen molar-refractivity contribution >= 4 is 0 Å². The van der Waals surface area contributed by atoms with Gasteiger partial charge in [-0.2, -0.15) is 5.10 Å². The van der Waals surface area contributed by atoms with E-state index >= 15 is 0 Å². The molecule has 1 fully saturated rings. The standard InChI is InChI=1S/C12H20N2O/c1-8-4-10(3)12(11(15)5-8)14-7-9(2)6-13-14/h6-8,10-12,15H,4-5H2,1-3H3. The number of hydrogen-bond donors (Lipinski definition) is 1. The summed E-state index contributed by atoms with van der Waals surface area (Å²) in [6.07, 6.45) is 5.72. The van der Waals surface area contributed by atoms with Crippen LogP contribution in [0, 0.1) is 18.8 Å². The predicted molar refractivity (Wildman–Crippen MR) is 59.6 cm³/mol. The van der Waals surface area contributed by atoms with Crippen LogP contribution in [0.4, 0.5) is 0 Å². The molecule has 0 amide bonds. The zero-order valence-electron chi connectivity index (χ0n) is 9.72. The molecule has 0 radical (unpaired) electrons. The highest BCUT2D eigenvalue weighted by molar-refractivity contribution is 5.02. The zero-order valence-corrected chi connectivity index (χ0v) is 9.72. The third kappa shape index (κ3) is 2.07. The maximum absolute atomic E-state index is 10.1. The molecule has 15 heavy (non-hydrogen) atoms. The maximum atomic E-state index is 10.1. The Bertz CT molecular complexity index is 322. The van der Waals surface area contributed by atoms with Crippen molar-refractivity contribution in [2.24, 2.45) is 11.8 Å². The normalized spacial score (nSPS) is 36.8. The first-order valence-electron chi connectivity index (χ1n) is 5.76. The first-order valence-corrected chi connectivity index (χ1v) is 5.76. The van der Waals surface area contributed by atoms with Gasteiger partial charge < -0.3 is 5.11 Å². The molecule has 1 N–H and O–H groups in total. The molecule has 3 heteroatoms. The lowest BCUT2D eigenvalue weighted by Crippen LogP contribution is -2.36. The van der Waals surface area contributed by atoms with Gasteiger partial charge in [-0.3, -0.25) is 4.68 Å². The molecular weight excluding hydrogens is 188 g/mol. The molecule has 4 atom stereocenters. The summed E-state index contributed by atoms with van der Waals surface area (Å²) < 4.78 is 1.94. The van der Waals surface area contributed by atoms with E-state index in [1.54, 1.807) is 0 Å². The lowest BCUT2D eigenvalue weighted by atomic mass is 9.78. The molecule has 0 bridgehead atoms. The Hall–Kier alpha value is -0.830. The highest BCUT2D eigenvalue weighted by Crippen LogP contribution is 2.36. The van der Waals surface area contributed by atoms with E-state index in [1.165, 1.54) is 6.42 Å². The molecule has 2 rings (SSSR count). The van der Waals surface area contributed by atoms with Crippen molar-refractivity contribution in [3.8, 4) is 0 Å². The third-order valence-electron chi connectivity index (χ3n) is 3.43. The fourth-order valence-electron chi connectivity index (χ4n) is 2.83. The van der Waals surface area contributed by atoms with E-state index in [0.717, 1.165) is 12.0 Å². The second kappa shape index (κ2) is 3.97. The number of aliphatic hydroxyl groups excluding tert-OH is 1. The van der Waals surface area contributed by atoms with E-state index in [1.807, 2.05) is 24.0 Å². The van der Waals surface area contributed by atoms with Gasteiger partial charge in [-0.15, -0.1) is 0 Å². The van der Waals surface area contributed by atoms with Crippen molar-refractivity contribution in [3.63, 3.8) is 0 Å². The Morgan fingerprint density at radius 2 is 2.13 bits per heavy atom. The van der Waals surface area contributed by atoms with Crippen LogP contribution in [0.5, 0.6) is 0 Å². The van der Waals surface area contributed by atoms with E-state index in [2.05, 4.69) is 18.9 Å². The van der Waals surface area contributed by atoms with E-state index in [4.69, 9.17) is 0 Å². The Morgan fingerprint density at radius 1 is 1.40 bits per heavy atom. The van der Waals surface area contributed by atoms with Crippen LogP contribution in [0.1, 0.15) is 38.3 Å². The van der Waals surface area contributed by atoms with Gasteiger partial charge in [-0.05, 0) is 37.2 Å². The van der Waals surface area contributed by atoms with Crippen LogP contribution in [0.2, 0.25) is 0 Å². The number of hydrogen-bond acceptors (Lipinski definition) is 2. The van der Waals surface area contributed by atoms with E-state index in [0.29, 0.717) is 11.8 Å². The fourth-order valence-corrected chi connectivity index (χ4v) is 2.83. The Morgan fingerprint density at radius 3 is 2.67 bits per heavy atom. The number of aliphatic hydroxyl groups is 1. The topological polar surface area (TPSA) is 38.0 Å². The molecule has 3 nitrogen and oxygen atoms in total. The van der Waals surface area contributed by atoms with Crippen LogP contribution in [0.15, 0.2) is 12.4 Å². The number of aryl methyl sites for hydroxylation is 1. The van der Waals surface area contributed by atoms with Gasteiger partial charge in [0, 0.05) is 6.20 Å². The molecule has 0 spiro atoms. The third-order valence-corrected chi connectivity index (χ3v) is 3.43. The Balaban J connectivity index is 2.20. The zero-order chi connectivity index (χ0) is 11.0. The highest BCUT2D eigenvalue weighted by Gasteiger charge is 2.34. The average Bonchev–Trinajstić information content (AvgIpc) is 2.49. The summed E-state index contributed by atoms with van der Waals surface area (Å²) in [5, 5.41) is 14.4. The lowest BCUT2D eigenvalue weighted by molar-refractivity contribution is 0.0178. The van der Waals surface area contributed by atoms with Crippen molar-refractivity contribution < 1.29 is 5.11 Å². The van der Waals surface area contributed by atoms with E-state index in [9.17, 15) is 5.11 Å². The minimum absolute atomic E-state index is 0.162. The summed E-state index contributed by atoms with van der Waals surface area (Å²) in [6, 6.07) is 0.162. The van der Waals surface area contributed by atoms with Crippen LogP contribution in [-0.2, 0) is 0 Å². The summed E-state index contributed by atoms with van der Waals surface area (Å²) in [4.78, 5) is 0. The molecule has 4 unspecified atom stereocenters. The smallest absolute Gasteiger partial charge is 0.0803 e. The van der Waals surface area contributed by atoms with Crippen LogP contribution in [0.25, 0.3) is 0 Å². The Labute approximate surface area is 91.1 Å². The van der Waals surface area contributed by atoms with Gasteiger partial charge in [0.1, 0.15) is 0 Å². The number of nitrogens with zero attached hydrogens (tertiary/aromatic N) is 2. The molecule has 1 aliphatic carbocycles. The summed E-state index contributed by atoms with van der Waals surface area (Å²) in [5.41, 5.74) is 1.16. The monoisotopic (exact) mass is 208 g/mol. The molecule has 0 saturated heterocycles. The number of aromatic nitrogens is 2. The van der Waals surface area contributed by atoms with Gasteiger partial charge >= 0.3 is 0 Å². The van der Waals surface area contributed by atoms with Gasteiger partial charge in [0.2, 0.25) is 0 Å². The van der Waals surface area contributed by atoms with Crippen LogP contribution in [0.3, 0.4) is 0 Å². The first-order chi connectivity index (χ1) is 7.08. The summed E-state index contributed by atoms with van der Waals surface area (Å²) >= 11 is 0.